The van der Waals surface area contributed by atoms with Gasteiger partial charge in [0.1, 0.15) is 11.5 Å². The Balaban J connectivity index is 1.72. The molecule has 27 heavy (non-hydrogen) atoms. The predicted molar refractivity (Wildman–Crippen MR) is 105 cm³/mol. The summed E-state index contributed by atoms with van der Waals surface area (Å²) in [4.78, 5) is 13.0. The minimum atomic E-state index is -0.351. The summed E-state index contributed by atoms with van der Waals surface area (Å²) in [5.41, 5.74) is 1.65. The van der Waals surface area contributed by atoms with Crippen molar-refractivity contribution in [3.05, 3.63) is 84.3 Å². The van der Waals surface area contributed by atoms with Crippen LogP contribution < -0.4 is 15.4 Å². The Bertz CT molecular complexity index is 832. The second-order valence-corrected chi connectivity index (χ2v) is 6.16. The van der Waals surface area contributed by atoms with Gasteiger partial charge in [-0.3, -0.25) is 4.79 Å². The molecule has 0 aliphatic carbocycles. The number of nitrogens with two attached hydrogens (primary N) is 1. The van der Waals surface area contributed by atoms with Gasteiger partial charge in [0.05, 0.1) is 31.5 Å². The highest BCUT2D eigenvalue weighted by molar-refractivity contribution is 5.95. The van der Waals surface area contributed by atoms with E-state index < -0.39 is 0 Å². The topological polar surface area (TPSA) is 68.1 Å². The van der Waals surface area contributed by atoms with Crippen molar-refractivity contribution in [1.29, 1.82) is 0 Å². The molecule has 5 heteroatoms. The van der Waals surface area contributed by atoms with Crippen LogP contribution in [0.15, 0.2) is 77.4 Å². The standard InChI is InChI=1S/C22H24N2O3/c1-2-26-20-13-7-6-12-19(20)24-22(25)21(17-9-4-3-5-10-17)23-15-14-18-11-8-16-27-18/h3-13,16,21,23H,2,14-15H2,1H3,(H,24,25)/p+1/t21-/m0/s1. The van der Waals surface area contributed by atoms with E-state index in [0.29, 0.717) is 18.0 Å². The maximum absolute atomic E-state index is 13.0. The van der Waals surface area contributed by atoms with E-state index in [9.17, 15) is 4.79 Å². The highest BCUT2D eigenvalue weighted by Crippen LogP contribution is 2.24. The zero-order chi connectivity index (χ0) is 18.9. The van der Waals surface area contributed by atoms with Crippen LogP contribution in [0.2, 0.25) is 0 Å². The van der Waals surface area contributed by atoms with Crippen LogP contribution in [0.25, 0.3) is 0 Å². The molecule has 1 aromatic heterocycles. The van der Waals surface area contributed by atoms with Gasteiger partial charge in [0.15, 0.2) is 6.04 Å². The van der Waals surface area contributed by atoms with Crippen LogP contribution in [-0.4, -0.2) is 19.1 Å². The van der Waals surface area contributed by atoms with Crippen molar-refractivity contribution in [3.63, 3.8) is 0 Å². The Labute approximate surface area is 159 Å². The number of hydrogen-bond acceptors (Lipinski definition) is 3. The molecule has 2 aromatic carbocycles. The molecule has 0 aliphatic heterocycles. The molecule has 0 bridgehead atoms. The summed E-state index contributed by atoms with van der Waals surface area (Å²) in [5.74, 6) is 1.52. The molecular weight excluding hydrogens is 340 g/mol. The zero-order valence-electron chi connectivity index (χ0n) is 15.4. The predicted octanol–water partition coefficient (Wildman–Crippen LogP) is 3.16. The zero-order valence-corrected chi connectivity index (χ0v) is 15.4. The number of quaternary nitrogens is 1. The Morgan fingerprint density at radius 1 is 1.07 bits per heavy atom. The number of furan rings is 1. The van der Waals surface area contributed by atoms with Crippen molar-refractivity contribution in [2.45, 2.75) is 19.4 Å². The summed E-state index contributed by atoms with van der Waals surface area (Å²) in [6.07, 6.45) is 2.43. The SMILES string of the molecule is CCOc1ccccc1NC(=O)[C@@H]([NH2+]CCc1ccco1)c1ccccc1. The number of nitrogens with one attached hydrogen (secondary N) is 1. The smallest absolute Gasteiger partial charge is 0.287 e. The fourth-order valence-corrected chi connectivity index (χ4v) is 2.96. The van der Waals surface area contributed by atoms with Gasteiger partial charge in [0, 0.05) is 5.56 Å². The lowest BCUT2D eigenvalue weighted by Gasteiger charge is -2.17. The average molecular weight is 365 g/mol. The molecule has 0 radical (unpaired) electrons. The highest BCUT2D eigenvalue weighted by atomic mass is 16.5. The van der Waals surface area contributed by atoms with Crippen LogP contribution in [0.3, 0.4) is 0 Å². The van der Waals surface area contributed by atoms with Crippen molar-refractivity contribution in [2.75, 3.05) is 18.5 Å². The van der Waals surface area contributed by atoms with Gasteiger partial charge >= 0.3 is 0 Å². The van der Waals surface area contributed by atoms with Crippen molar-refractivity contribution < 1.29 is 19.3 Å². The largest absolute Gasteiger partial charge is 0.492 e. The Morgan fingerprint density at radius 2 is 1.85 bits per heavy atom. The molecular formula is C22H25N2O3+. The maximum atomic E-state index is 13.0. The molecule has 1 amide bonds. The van der Waals surface area contributed by atoms with Crippen LogP contribution in [0, 0.1) is 0 Å². The second kappa shape index (κ2) is 9.59. The van der Waals surface area contributed by atoms with Gasteiger partial charge < -0.3 is 19.8 Å². The van der Waals surface area contributed by atoms with Crippen molar-refractivity contribution >= 4 is 11.6 Å². The van der Waals surface area contributed by atoms with Gasteiger partial charge in [-0.1, -0.05) is 42.5 Å². The molecule has 0 fully saturated rings. The minimum Gasteiger partial charge on any atom is -0.492 e. The quantitative estimate of drug-likeness (QED) is 0.612. The number of anilines is 1. The van der Waals surface area contributed by atoms with E-state index in [-0.39, 0.29) is 11.9 Å². The van der Waals surface area contributed by atoms with Gasteiger partial charge in [-0.2, -0.15) is 0 Å². The number of carbonyl (C=O) groups is 1. The van der Waals surface area contributed by atoms with Gasteiger partial charge in [-0.05, 0) is 31.2 Å². The summed E-state index contributed by atoms with van der Waals surface area (Å²) in [6, 6.07) is 20.8. The lowest BCUT2D eigenvalue weighted by Crippen LogP contribution is -2.87. The third-order valence-corrected chi connectivity index (χ3v) is 4.26. The molecule has 3 N–H and O–H groups in total. The third kappa shape index (κ3) is 5.21. The molecule has 5 nitrogen and oxygen atoms in total. The molecule has 0 saturated heterocycles. The Hall–Kier alpha value is -3.05. The van der Waals surface area contributed by atoms with Gasteiger partial charge in [0.2, 0.25) is 0 Å². The molecule has 0 unspecified atom stereocenters. The third-order valence-electron chi connectivity index (χ3n) is 4.26. The van der Waals surface area contributed by atoms with Crippen LogP contribution in [0.5, 0.6) is 5.75 Å². The van der Waals surface area contributed by atoms with Gasteiger partial charge in [0.25, 0.3) is 5.91 Å². The fraction of sp³-hybridized carbons (Fsp3) is 0.227. The summed E-state index contributed by atoms with van der Waals surface area (Å²) < 4.78 is 11.0. The molecule has 1 heterocycles. The van der Waals surface area contributed by atoms with E-state index in [1.165, 1.54) is 0 Å². The van der Waals surface area contributed by atoms with Crippen molar-refractivity contribution in [2.24, 2.45) is 0 Å². The molecule has 0 spiro atoms. The van der Waals surface area contributed by atoms with Crippen LogP contribution >= 0.6 is 0 Å². The summed E-state index contributed by atoms with van der Waals surface area (Å²) in [6.45, 7) is 3.21. The lowest BCUT2D eigenvalue weighted by atomic mass is 10.1. The number of hydrogen-bond donors (Lipinski definition) is 2. The molecule has 1 atom stereocenters. The molecule has 0 aliphatic rings. The van der Waals surface area contributed by atoms with Gasteiger partial charge in [-0.15, -0.1) is 0 Å². The van der Waals surface area contributed by atoms with Crippen molar-refractivity contribution in [3.8, 4) is 5.75 Å². The number of amides is 1. The molecule has 140 valence electrons. The van der Waals surface area contributed by atoms with E-state index in [1.54, 1.807) is 6.26 Å². The van der Waals surface area contributed by atoms with E-state index in [2.05, 4.69) is 5.32 Å². The first-order chi connectivity index (χ1) is 13.3. The van der Waals surface area contributed by atoms with E-state index in [0.717, 1.165) is 24.3 Å². The van der Waals surface area contributed by atoms with Gasteiger partial charge in [-0.25, -0.2) is 0 Å². The molecule has 0 saturated carbocycles. The number of benzene rings is 2. The number of carbonyl (C=O) groups excluding carboxylic acids is 1. The van der Waals surface area contributed by atoms with E-state index in [4.69, 9.17) is 9.15 Å². The lowest BCUT2D eigenvalue weighted by molar-refractivity contribution is -0.682. The number of rotatable bonds is 9. The minimum absolute atomic E-state index is 0.0761. The Kier molecular flexibility index (Phi) is 6.66. The number of ether oxygens (including phenoxy) is 1. The van der Waals surface area contributed by atoms with Crippen LogP contribution in [-0.2, 0) is 11.2 Å². The summed E-state index contributed by atoms with van der Waals surface area (Å²) in [7, 11) is 0. The van der Waals surface area contributed by atoms with Crippen molar-refractivity contribution in [1.82, 2.24) is 0 Å². The van der Waals surface area contributed by atoms with Crippen LogP contribution in [0.4, 0.5) is 5.69 Å². The highest BCUT2D eigenvalue weighted by Gasteiger charge is 2.24. The molecule has 3 rings (SSSR count). The molecule has 3 aromatic rings. The Morgan fingerprint density at radius 3 is 2.59 bits per heavy atom. The first-order valence-corrected chi connectivity index (χ1v) is 9.21. The average Bonchev–Trinajstić information content (AvgIpc) is 3.21. The summed E-state index contributed by atoms with van der Waals surface area (Å²) in [5, 5.41) is 5.06. The van der Waals surface area contributed by atoms with E-state index >= 15 is 0 Å². The number of para-hydroxylation sites is 2. The first-order valence-electron chi connectivity index (χ1n) is 9.21. The second-order valence-electron chi connectivity index (χ2n) is 6.16. The fourth-order valence-electron chi connectivity index (χ4n) is 2.96. The summed E-state index contributed by atoms with van der Waals surface area (Å²) >= 11 is 0. The normalized spacial score (nSPS) is 11.7. The van der Waals surface area contributed by atoms with E-state index in [1.807, 2.05) is 79.0 Å². The first kappa shape index (κ1) is 18.7. The maximum Gasteiger partial charge on any atom is 0.287 e. The van der Waals surface area contributed by atoms with Crippen LogP contribution in [0.1, 0.15) is 24.3 Å². The monoisotopic (exact) mass is 365 g/mol.